The van der Waals surface area contributed by atoms with Crippen molar-refractivity contribution in [3.63, 3.8) is 0 Å². The molecule has 26 heavy (non-hydrogen) atoms. The van der Waals surface area contributed by atoms with Gasteiger partial charge in [-0.3, -0.25) is 9.59 Å². The summed E-state index contributed by atoms with van der Waals surface area (Å²) in [6.45, 7) is 1.72. The molecule has 0 saturated heterocycles. The molecule has 0 unspecified atom stereocenters. The first-order valence-electron chi connectivity index (χ1n) is 8.37. The van der Waals surface area contributed by atoms with Gasteiger partial charge in [0.05, 0.1) is 5.56 Å². The molecule has 1 aliphatic carbocycles. The normalized spacial score (nSPS) is 12.7. The fourth-order valence-electron chi connectivity index (χ4n) is 3.09. The number of fused-ring (bicyclic) bond motifs is 1. The van der Waals surface area contributed by atoms with Gasteiger partial charge in [-0.05, 0) is 43.9 Å². The molecule has 0 spiro atoms. The summed E-state index contributed by atoms with van der Waals surface area (Å²) in [6, 6.07) is 10.9. The number of para-hydroxylation sites is 1. The fourth-order valence-corrected chi connectivity index (χ4v) is 4.37. The minimum Gasteiger partial charge on any atom is -0.361 e. The van der Waals surface area contributed by atoms with Crippen LogP contribution in [0.1, 0.15) is 43.5 Å². The summed E-state index contributed by atoms with van der Waals surface area (Å²) >= 11 is 1.47. The number of carbonyl (C=O) groups is 2. The van der Waals surface area contributed by atoms with Crippen LogP contribution in [0.3, 0.4) is 0 Å². The third-order valence-electron chi connectivity index (χ3n) is 4.27. The quantitative estimate of drug-likeness (QED) is 0.729. The van der Waals surface area contributed by atoms with Crippen molar-refractivity contribution in [2.75, 3.05) is 10.6 Å². The molecule has 1 aromatic carbocycles. The first-order valence-corrected chi connectivity index (χ1v) is 9.19. The molecule has 7 heteroatoms. The number of hydrogen-bond acceptors (Lipinski definition) is 5. The lowest BCUT2D eigenvalue weighted by molar-refractivity contribution is 0.101. The molecule has 2 aromatic heterocycles. The Morgan fingerprint density at radius 2 is 1.92 bits per heavy atom. The van der Waals surface area contributed by atoms with Crippen molar-refractivity contribution < 1.29 is 14.1 Å². The summed E-state index contributed by atoms with van der Waals surface area (Å²) in [5.74, 6) is -0.0244. The second kappa shape index (κ2) is 6.76. The van der Waals surface area contributed by atoms with Crippen molar-refractivity contribution in [1.29, 1.82) is 0 Å². The van der Waals surface area contributed by atoms with Crippen molar-refractivity contribution in [3.05, 3.63) is 63.9 Å². The second-order valence-electron chi connectivity index (χ2n) is 6.16. The van der Waals surface area contributed by atoms with Gasteiger partial charge in [0.25, 0.3) is 11.8 Å². The van der Waals surface area contributed by atoms with Crippen molar-refractivity contribution in [2.45, 2.75) is 26.2 Å². The van der Waals surface area contributed by atoms with Crippen molar-refractivity contribution in [2.24, 2.45) is 0 Å². The number of thiophene rings is 1. The average Bonchev–Trinajstić information content (AvgIpc) is 3.31. The van der Waals surface area contributed by atoms with Gasteiger partial charge in [0.2, 0.25) is 0 Å². The standard InChI is InChI=1S/C19H17N3O3S/c1-11-10-14(22-25-11)17(23)21-19-16(13-8-5-9-15(13)26-19)18(24)20-12-6-3-2-4-7-12/h2-4,6-7,10H,5,8-9H2,1H3,(H,20,24)(H,21,23). The van der Waals surface area contributed by atoms with Crippen LogP contribution in [0.25, 0.3) is 0 Å². The molecular weight excluding hydrogens is 350 g/mol. The van der Waals surface area contributed by atoms with Crippen molar-refractivity contribution in [1.82, 2.24) is 5.16 Å². The van der Waals surface area contributed by atoms with Gasteiger partial charge in [-0.2, -0.15) is 0 Å². The third-order valence-corrected chi connectivity index (χ3v) is 5.47. The van der Waals surface area contributed by atoms with Crippen LogP contribution in [0.5, 0.6) is 0 Å². The van der Waals surface area contributed by atoms with Crippen LogP contribution >= 0.6 is 11.3 Å². The minimum absolute atomic E-state index is 0.200. The number of nitrogens with zero attached hydrogens (tertiary/aromatic N) is 1. The summed E-state index contributed by atoms with van der Waals surface area (Å²) < 4.78 is 4.95. The lowest BCUT2D eigenvalue weighted by Gasteiger charge is -2.09. The zero-order valence-corrected chi connectivity index (χ0v) is 15.0. The maximum atomic E-state index is 12.9. The number of aromatic nitrogens is 1. The Labute approximate surface area is 154 Å². The molecule has 2 amide bonds. The summed E-state index contributed by atoms with van der Waals surface area (Å²) in [7, 11) is 0. The molecule has 0 radical (unpaired) electrons. The minimum atomic E-state index is -0.379. The van der Waals surface area contributed by atoms with Crippen LogP contribution < -0.4 is 10.6 Å². The fraction of sp³-hybridized carbons (Fsp3) is 0.211. The zero-order chi connectivity index (χ0) is 18.1. The zero-order valence-electron chi connectivity index (χ0n) is 14.2. The Bertz CT molecular complexity index is 975. The van der Waals surface area contributed by atoms with E-state index < -0.39 is 0 Å². The number of carbonyl (C=O) groups excluding carboxylic acids is 2. The van der Waals surface area contributed by atoms with Crippen LogP contribution in [0.4, 0.5) is 10.7 Å². The lowest BCUT2D eigenvalue weighted by Crippen LogP contribution is -2.18. The highest BCUT2D eigenvalue weighted by molar-refractivity contribution is 7.17. The molecule has 132 valence electrons. The van der Waals surface area contributed by atoms with Gasteiger partial charge in [-0.25, -0.2) is 0 Å². The molecule has 0 bridgehead atoms. The predicted octanol–water partition coefficient (Wildman–Crippen LogP) is 4.04. The van der Waals surface area contributed by atoms with E-state index in [4.69, 9.17) is 4.52 Å². The van der Waals surface area contributed by atoms with Gasteiger partial charge in [-0.15, -0.1) is 11.3 Å². The van der Waals surface area contributed by atoms with Crippen LogP contribution in [-0.2, 0) is 12.8 Å². The van der Waals surface area contributed by atoms with E-state index in [0.29, 0.717) is 16.3 Å². The number of nitrogens with one attached hydrogen (secondary N) is 2. The monoisotopic (exact) mass is 367 g/mol. The van der Waals surface area contributed by atoms with Gasteiger partial charge in [0, 0.05) is 16.6 Å². The summed E-state index contributed by atoms with van der Waals surface area (Å²) in [6.07, 6.45) is 2.82. The highest BCUT2D eigenvalue weighted by Gasteiger charge is 2.28. The average molecular weight is 367 g/mol. The van der Waals surface area contributed by atoms with Crippen LogP contribution in [0.2, 0.25) is 0 Å². The topological polar surface area (TPSA) is 84.2 Å². The first kappa shape index (κ1) is 16.5. The van der Waals surface area contributed by atoms with Gasteiger partial charge in [0.1, 0.15) is 10.8 Å². The number of benzene rings is 1. The molecule has 0 saturated carbocycles. The molecule has 1 aliphatic rings. The number of anilines is 2. The SMILES string of the molecule is Cc1cc(C(=O)Nc2sc3c(c2C(=O)Nc2ccccc2)CCC3)no1. The van der Waals surface area contributed by atoms with Crippen LogP contribution in [0, 0.1) is 6.92 Å². The summed E-state index contributed by atoms with van der Waals surface area (Å²) in [5.41, 5.74) is 2.51. The molecule has 0 atom stereocenters. The van der Waals surface area contributed by atoms with Gasteiger partial charge in [0.15, 0.2) is 5.69 Å². The Hall–Kier alpha value is -2.93. The molecule has 6 nitrogen and oxygen atoms in total. The second-order valence-corrected chi connectivity index (χ2v) is 7.26. The van der Waals surface area contributed by atoms with E-state index in [1.165, 1.54) is 11.3 Å². The van der Waals surface area contributed by atoms with E-state index >= 15 is 0 Å². The predicted molar refractivity (Wildman–Crippen MR) is 99.9 cm³/mol. The molecule has 2 N–H and O–H groups in total. The van der Waals surface area contributed by atoms with E-state index in [9.17, 15) is 9.59 Å². The van der Waals surface area contributed by atoms with Gasteiger partial charge in [-0.1, -0.05) is 23.4 Å². The largest absolute Gasteiger partial charge is 0.361 e. The molecule has 2 heterocycles. The summed E-state index contributed by atoms with van der Waals surface area (Å²) in [4.78, 5) is 26.5. The van der Waals surface area contributed by atoms with E-state index in [-0.39, 0.29) is 17.5 Å². The number of amides is 2. The molecular formula is C19H17N3O3S. The Balaban J connectivity index is 1.63. The molecule has 3 aromatic rings. The molecule has 0 aliphatic heterocycles. The highest BCUT2D eigenvalue weighted by atomic mass is 32.1. The van der Waals surface area contributed by atoms with Crippen LogP contribution in [0.15, 0.2) is 40.9 Å². The maximum Gasteiger partial charge on any atom is 0.278 e. The Kier molecular flexibility index (Phi) is 4.30. The van der Waals surface area contributed by atoms with E-state index in [2.05, 4.69) is 15.8 Å². The van der Waals surface area contributed by atoms with E-state index in [1.807, 2.05) is 30.3 Å². The molecule has 4 rings (SSSR count). The Morgan fingerprint density at radius 1 is 1.12 bits per heavy atom. The number of hydrogen-bond donors (Lipinski definition) is 2. The van der Waals surface area contributed by atoms with Gasteiger partial charge >= 0.3 is 0 Å². The number of rotatable bonds is 4. The van der Waals surface area contributed by atoms with Crippen molar-refractivity contribution >= 4 is 33.8 Å². The lowest BCUT2D eigenvalue weighted by atomic mass is 10.1. The third kappa shape index (κ3) is 3.13. The smallest absolute Gasteiger partial charge is 0.278 e. The first-order chi connectivity index (χ1) is 12.6. The van der Waals surface area contributed by atoms with Crippen LogP contribution in [-0.4, -0.2) is 17.0 Å². The van der Waals surface area contributed by atoms with Gasteiger partial charge < -0.3 is 15.2 Å². The summed E-state index contributed by atoms with van der Waals surface area (Å²) in [5, 5.41) is 10.0. The highest BCUT2D eigenvalue weighted by Crippen LogP contribution is 2.39. The maximum absolute atomic E-state index is 12.9. The van der Waals surface area contributed by atoms with E-state index in [1.54, 1.807) is 13.0 Å². The molecule has 0 fully saturated rings. The Morgan fingerprint density at radius 3 is 2.65 bits per heavy atom. The number of aryl methyl sites for hydroxylation is 2. The van der Waals surface area contributed by atoms with Crippen molar-refractivity contribution in [3.8, 4) is 0 Å². The van der Waals surface area contributed by atoms with E-state index in [0.717, 1.165) is 35.4 Å².